The number of esters is 1. The Kier molecular flexibility index (Phi) is 6.91. The van der Waals surface area contributed by atoms with Gasteiger partial charge in [0, 0.05) is 19.4 Å². The molecular formula is C13H18NO6P. The zero-order valence-corrected chi connectivity index (χ0v) is 12.5. The van der Waals surface area contributed by atoms with Crippen LogP contribution >= 0.6 is 7.37 Å². The molecule has 1 rings (SSSR count). The van der Waals surface area contributed by atoms with Gasteiger partial charge in [-0.1, -0.05) is 18.2 Å². The number of hydrogen-bond acceptors (Lipinski definition) is 5. The summed E-state index contributed by atoms with van der Waals surface area (Å²) in [6.07, 6.45) is -0.265. The van der Waals surface area contributed by atoms with E-state index < -0.39 is 26.2 Å². The van der Waals surface area contributed by atoms with Gasteiger partial charge in [-0.15, -0.1) is 0 Å². The predicted octanol–water partition coefficient (Wildman–Crippen LogP) is 1.82. The van der Waals surface area contributed by atoms with Crippen molar-refractivity contribution in [2.24, 2.45) is 0 Å². The van der Waals surface area contributed by atoms with Crippen LogP contribution in [0.4, 0.5) is 4.79 Å². The molecule has 116 valence electrons. The molecule has 7 nitrogen and oxygen atoms in total. The molecule has 8 heteroatoms. The Balaban J connectivity index is 2.14. The largest absolute Gasteiger partial charge is 0.424 e. The second-order valence-corrected chi connectivity index (χ2v) is 6.95. The zero-order valence-electron chi connectivity index (χ0n) is 11.7. The first-order chi connectivity index (χ1) is 9.88. The summed E-state index contributed by atoms with van der Waals surface area (Å²) in [5, 5.41) is 2.38. The third kappa shape index (κ3) is 8.12. The molecule has 0 aliphatic heterocycles. The predicted molar refractivity (Wildman–Crippen MR) is 76.4 cm³/mol. The van der Waals surface area contributed by atoms with Crippen molar-refractivity contribution in [1.29, 1.82) is 0 Å². The van der Waals surface area contributed by atoms with Crippen molar-refractivity contribution in [1.82, 2.24) is 5.32 Å². The second-order valence-electron chi connectivity index (χ2n) is 4.40. The number of hydrogen-bond donors (Lipinski definition) is 2. The van der Waals surface area contributed by atoms with Gasteiger partial charge in [-0.2, -0.15) is 0 Å². The number of rotatable bonds is 7. The third-order valence-electron chi connectivity index (χ3n) is 2.41. The molecule has 1 atom stereocenters. The molecule has 1 amide bonds. The molecule has 0 aliphatic carbocycles. The minimum absolute atomic E-state index is 0.121. The summed E-state index contributed by atoms with van der Waals surface area (Å²) in [6.45, 7) is 0.976. The summed E-state index contributed by atoms with van der Waals surface area (Å²) in [6, 6.07) is 8.32. The van der Waals surface area contributed by atoms with E-state index in [4.69, 9.17) is 9.63 Å². The van der Waals surface area contributed by atoms with Crippen molar-refractivity contribution in [3.8, 4) is 0 Å². The molecule has 0 saturated heterocycles. The highest BCUT2D eigenvalue weighted by Gasteiger charge is 2.10. The molecule has 21 heavy (non-hydrogen) atoms. The Labute approximate surface area is 122 Å². The van der Waals surface area contributed by atoms with Crippen molar-refractivity contribution in [3.05, 3.63) is 35.9 Å². The zero-order chi connectivity index (χ0) is 15.7. The molecule has 0 aliphatic rings. The molecule has 1 aromatic carbocycles. The highest BCUT2D eigenvalue weighted by molar-refractivity contribution is 7.57. The van der Waals surface area contributed by atoms with Gasteiger partial charge in [0.1, 0.15) is 0 Å². The number of nitrogens with one attached hydrogen (secondary N) is 1. The maximum Gasteiger partial charge on any atom is 0.410 e. The molecule has 1 unspecified atom stereocenters. The summed E-state index contributed by atoms with van der Waals surface area (Å²) >= 11 is 0. The van der Waals surface area contributed by atoms with Crippen LogP contribution < -0.4 is 5.32 Å². The summed E-state index contributed by atoms with van der Waals surface area (Å²) in [5.41, 5.74) is 0.364. The summed E-state index contributed by atoms with van der Waals surface area (Å²) < 4.78 is 20.4. The fourth-order valence-corrected chi connectivity index (χ4v) is 2.15. The fourth-order valence-electron chi connectivity index (χ4n) is 1.41. The van der Waals surface area contributed by atoms with Crippen LogP contribution in [0.25, 0.3) is 0 Å². The highest BCUT2D eigenvalue weighted by Crippen LogP contribution is 2.35. The first kappa shape index (κ1) is 17.2. The normalized spacial score (nSPS) is 13.0. The van der Waals surface area contributed by atoms with E-state index in [0.29, 0.717) is 12.0 Å². The number of alkyl carbamates (subject to hydrolysis) is 1. The Morgan fingerprint density at radius 3 is 2.52 bits per heavy atom. The lowest BCUT2D eigenvalue weighted by molar-refractivity contribution is -0.00224. The van der Waals surface area contributed by atoms with Crippen LogP contribution in [0.3, 0.4) is 0 Å². The Morgan fingerprint density at radius 2 is 1.90 bits per heavy atom. The topological polar surface area (TPSA) is 102 Å². The van der Waals surface area contributed by atoms with Crippen LogP contribution in [0.2, 0.25) is 0 Å². The van der Waals surface area contributed by atoms with Crippen molar-refractivity contribution < 1.29 is 28.5 Å². The molecule has 2 N–H and O–H groups in total. The number of ether oxygens (including phenoxy) is 2. The van der Waals surface area contributed by atoms with Gasteiger partial charge < -0.3 is 19.7 Å². The number of amides is 1. The lowest BCUT2D eigenvalue weighted by Gasteiger charge is -2.08. The molecule has 0 saturated carbocycles. The van der Waals surface area contributed by atoms with Crippen LogP contribution in [-0.4, -0.2) is 43.1 Å². The Hall–Kier alpha value is -1.85. The van der Waals surface area contributed by atoms with Gasteiger partial charge in [-0.25, -0.2) is 9.59 Å². The van der Waals surface area contributed by atoms with Crippen LogP contribution in [-0.2, 0) is 14.0 Å². The molecule has 0 spiro atoms. The van der Waals surface area contributed by atoms with E-state index in [-0.39, 0.29) is 12.7 Å². The van der Waals surface area contributed by atoms with Crippen LogP contribution in [0.1, 0.15) is 16.8 Å². The smallest absolute Gasteiger partial charge is 0.410 e. The second kappa shape index (κ2) is 8.44. The van der Waals surface area contributed by atoms with Crippen LogP contribution in [0.15, 0.2) is 30.3 Å². The van der Waals surface area contributed by atoms with Crippen LogP contribution in [0, 0.1) is 0 Å². The molecule has 1 aromatic rings. The molecule has 0 heterocycles. The van der Waals surface area contributed by atoms with E-state index in [1.54, 1.807) is 30.3 Å². The number of benzene rings is 1. The van der Waals surface area contributed by atoms with Gasteiger partial charge in [0.2, 0.25) is 6.79 Å². The average molecular weight is 315 g/mol. The monoisotopic (exact) mass is 315 g/mol. The highest BCUT2D eigenvalue weighted by atomic mass is 31.2. The van der Waals surface area contributed by atoms with Gasteiger partial charge in [0.15, 0.2) is 7.37 Å². The van der Waals surface area contributed by atoms with Gasteiger partial charge in [0.25, 0.3) is 0 Å². The quantitative estimate of drug-likeness (QED) is 0.344. The van der Waals surface area contributed by atoms with E-state index in [9.17, 15) is 14.2 Å². The summed E-state index contributed by atoms with van der Waals surface area (Å²) in [5.74, 6) is -0.587. The lowest BCUT2D eigenvalue weighted by atomic mass is 10.2. The standard InChI is InChI=1S/C13H18NO6P/c1-21(17,18)9-5-8-14-13(16)20-10-19-12(15)11-6-3-2-4-7-11/h2-4,6-7H,5,8-10H2,1H3,(H,14,16)(H,17,18). The van der Waals surface area contributed by atoms with Gasteiger partial charge in [-0.3, -0.25) is 4.57 Å². The molecule has 0 aromatic heterocycles. The van der Waals surface area contributed by atoms with E-state index in [2.05, 4.69) is 10.1 Å². The minimum Gasteiger partial charge on any atom is -0.424 e. The Morgan fingerprint density at radius 1 is 1.24 bits per heavy atom. The van der Waals surface area contributed by atoms with Crippen molar-refractivity contribution >= 4 is 19.4 Å². The van der Waals surface area contributed by atoms with E-state index in [1.165, 1.54) is 6.66 Å². The third-order valence-corrected chi connectivity index (χ3v) is 3.55. The van der Waals surface area contributed by atoms with Gasteiger partial charge >= 0.3 is 12.1 Å². The first-order valence-electron chi connectivity index (χ1n) is 6.30. The maximum atomic E-state index is 11.5. The number of carbonyl (C=O) groups is 2. The molecule has 0 fully saturated rings. The Bertz CT molecular complexity index is 513. The molecule has 0 radical (unpaired) electrons. The molecule has 0 bridgehead atoms. The minimum atomic E-state index is -3.06. The van der Waals surface area contributed by atoms with Crippen molar-refractivity contribution in [3.63, 3.8) is 0 Å². The maximum absolute atomic E-state index is 11.5. The number of carbonyl (C=O) groups excluding carboxylic acids is 2. The lowest BCUT2D eigenvalue weighted by Crippen LogP contribution is -2.27. The van der Waals surface area contributed by atoms with Gasteiger partial charge in [0.05, 0.1) is 5.56 Å². The molecular weight excluding hydrogens is 297 g/mol. The summed E-state index contributed by atoms with van der Waals surface area (Å²) in [7, 11) is -3.06. The van der Waals surface area contributed by atoms with E-state index in [0.717, 1.165) is 0 Å². The van der Waals surface area contributed by atoms with Crippen molar-refractivity contribution in [2.45, 2.75) is 6.42 Å². The summed E-state index contributed by atoms with van der Waals surface area (Å²) in [4.78, 5) is 31.8. The van der Waals surface area contributed by atoms with Crippen LogP contribution in [0.5, 0.6) is 0 Å². The van der Waals surface area contributed by atoms with Gasteiger partial charge in [-0.05, 0) is 18.6 Å². The van der Waals surface area contributed by atoms with E-state index in [1.807, 2.05) is 0 Å². The van der Waals surface area contributed by atoms with E-state index >= 15 is 0 Å². The first-order valence-corrected chi connectivity index (χ1v) is 8.60. The fraction of sp³-hybridized carbons (Fsp3) is 0.385. The van der Waals surface area contributed by atoms with Crippen molar-refractivity contribution in [2.75, 3.05) is 26.2 Å². The average Bonchev–Trinajstić information content (AvgIpc) is 2.43. The SMILES string of the molecule is CP(=O)(O)CCCNC(=O)OCOC(=O)c1ccccc1.